The molecule has 0 atom stereocenters. The van der Waals surface area contributed by atoms with E-state index in [-0.39, 0.29) is 0 Å². The van der Waals surface area contributed by atoms with E-state index in [4.69, 9.17) is 0 Å². The van der Waals surface area contributed by atoms with Crippen LogP contribution in [0.2, 0.25) is 0 Å². The normalized spacial score (nSPS) is 10.8. The Morgan fingerprint density at radius 2 is 1.31 bits per heavy atom. The highest BCUT2D eigenvalue weighted by Gasteiger charge is 2.20. The van der Waals surface area contributed by atoms with Crippen LogP contribution >= 0.6 is 0 Å². The maximum atomic E-state index is 9.75. The molecular formula is C10H8BF4I. The summed E-state index contributed by atoms with van der Waals surface area (Å²) >= 11 is 2.07. The van der Waals surface area contributed by atoms with Gasteiger partial charge in [-0.15, -0.1) is 0 Å². The maximum Gasteiger partial charge on any atom is 0.673 e. The third kappa shape index (κ3) is 4.83. The highest BCUT2D eigenvalue weighted by atomic mass is 127. The second-order valence-electron chi connectivity index (χ2n) is 2.97. The van der Waals surface area contributed by atoms with Gasteiger partial charge >= 0.3 is 7.25 Å². The monoisotopic (exact) mass is 342 g/mol. The minimum Gasteiger partial charge on any atom is -0.418 e. The Morgan fingerprint density at radius 3 is 1.88 bits per heavy atom. The second-order valence-corrected chi connectivity index (χ2v) is 4.23. The van der Waals surface area contributed by atoms with Crippen LogP contribution < -0.4 is 22.6 Å². The maximum absolute atomic E-state index is 9.75. The predicted octanol–water partition coefficient (Wildman–Crippen LogP) is 0.595. The summed E-state index contributed by atoms with van der Waals surface area (Å²) in [6.45, 7) is 0. The Bertz CT molecular complexity index is 458. The van der Waals surface area contributed by atoms with Gasteiger partial charge in [0.25, 0.3) is 22.6 Å². The van der Waals surface area contributed by atoms with E-state index < -0.39 is 7.25 Å². The molecule has 86 valence electrons. The zero-order valence-electron chi connectivity index (χ0n) is 8.04. The Hall–Kier alpha value is -0.785. The molecule has 2 aromatic carbocycles. The van der Waals surface area contributed by atoms with Gasteiger partial charge in [-0.2, -0.15) is 0 Å². The lowest BCUT2D eigenvalue weighted by Gasteiger charge is -1.94. The molecule has 0 fully saturated rings. The summed E-state index contributed by atoms with van der Waals surface area (Å²) in [5.41, 5.74) is 0. The molecule has 0 amide bonds. The first-order valence-electron chi connectivity index (χ1n) is 4.40. The first-order chi connectivity index (χ1) is 7.38. The molecule has 0 heterocycles. The molecule has 0 saturated heterocycles. The van der Waals surface area contributed by atoms with Gasteiger partial charge in [-0.25, -0.2) is 0 Å². The second kappa shape index (κ2) is 5.52. The van der Waals surface area contributed by atoms with Crippen LogP contribution in [0.15, 0.2) is 42.5 Å². The fraction of sp³-hybridized carbons (Fsp3) is 0. The molecular weight excluding hydrogens is 334 g/mol. The van der Waals surface area contributed by atoms with Crippen LogP contribution in [0.5, 0.6) is 0 Å². The smallest absolute Gasteiger partial charge is 0.418 e. The van der Waals surface area contributed by atoms with Crippen LogP contribution in [0.25, 0.3) is 10.8 Å². The Kier molecular flexibility index (Phi) is 4.58. The number of hydrogen-bond donors (Lipinski definition) is 0. The molecule has 0 aliphatic carbocycles. The molecule has 6 heteroatoms. The molecule has 0 N–H and O–H groups in total. The molecule has 0 aliphatic heterocycles. The minimum absolute atomic E-state index is 1.33. The summed E-state index contributed by atoms with van der Waals surface area (Å²) in [6.07, 6.45) is 0. The molecule has 0 radical (unpaired) electrons. The van der Waals surface area contributed by atoms with Crippen molar-refractivity contribution in [3.8, 4) is 0 Å². The summed E-state index contributed by atoms with van der Waals surface area (Å²) in [4.78, 5) is 0. The van der Waals surface area contributed by atoms with Crippen LogP contribution in [0.1, 0.15) is 0 Å². The van der Waals surface area contributed by atoms with Crippen molar-refractivity contribution >= 4 is 18.0 Å². The lowest BCUT2D eigenvalue weighted by molar-refractivity contribution is -0.324. The van der Waals surface area contributed by atoms with Gasteiger partial charge < -0.3 is 17.3 Å². The number of benzene rings is 2. The highest BCUT2D eigenvalue weighted by molar-refractivity contribution is 6.50. The summed E-state index contributed by atoms with van der Waals surface area (Å²) in [7, 11) is -6.00. The fourth-order valence-electron chi connectivity index (χ4n) is 1.20. The average molecular weight is 342 g/mol. The van der Waals surface area contributed by atoms with Crippen LogP contribution in [0, 0.1) is 3.57 Å². The molecule has 2 rings (SSSR count). The highest BCUT2D eigenvalue weighted by Crippen LogP contribution is 2.11. The van der Waals surface area contributed by atoms with E-state index in [1.807, 2.05) is 0 Å². The molecule has 0 bridgehead atoms. The van der Waals surface area contributed by atoms with E-state index in [1.54, 1.807) is 0 Å². The molecule has 0 nitrogen and oxygen atoms in total. The summed E-state index contributed by atoms with van der Waals surface area (Å²) in [5.74, 6) is 0. The van der Waals surface area contributed by atoms with Gasteiger partial charge in [-0.1, -0.05) is 30.3 Å². The van der Waals surface area contributed by atoms with Crippen molar-refractivity contribution in [1.82, 2.24) is 0 Å². The van der Waals surface area contributed by atoms with E-state index in [2.05, 4.69) is 65.1 Å². The van der Waals surface area contributed by atoms with Gasteiger partial charge in [0.05, 0.1) is 0 Å². The fourth-order valence-corrected chi connectivity index (χ4v) is 1.95. The van der Waals surface area contributed by atoms with Gasteiger partial charge in [0, 0.05) is 5.39 Å². The van der Waals surface area contributed by atoms with Gasteiger partial charge in [-0.3, -0.25) is 0 Å². The number of rotatable bonds is 0. The van der Waals surface area contributed by atoms with E-state index in [1.165, 1.54) is 14.3 Å². The third-order valence-corrected chi connectivity index (χ3v) is 2.77. The molecule has 0 aliphatic rings. The zero-order chi connectivity index (χ0) is 12.2. The first kappa shape index (κ1) is 13.3. The standard InChI is InChI=1S/C10H8I.BF4/c11-10-7-3-5-8-4-1-2-6-9(8)10;2-1(3,4)5/h1-7,11H;/q+1;-1. The van der Waals surface area contributed by atoms with Gasteiger partial charge in [-0.05, 0) is 17.5 Å². The van der Waals surface area contributed by atoms with Crippen molar-refractivity contribution in [2.45, 2.75) is 0 Å². The van der Waals surface area contributed by atoms with Crippen LogP contribution in [-0.4, -0.2) is 7.25 Å². The van der Waals surface area contributed by atoms with Crippen molar-refractivity contribution in [2.75, 3.05) is 0 Å². The van der Waals surface area contributed by atoms with Crippen molar-refractivity contribution < 1.29 is 39.9 Å². The quantitative estimate of drug-likeness (QED) is 0.374. The molecule has 0 spiro atoms. The van der Waals surface area contributed by atoms with E-state index in [9.17, 15) is 17.3 Å². The lowest BCUT2D eigenvalue weighted by Crippen LogP contribution is -3.34. The summed E-state index contributed by atoms with van der Waals surface area (Å²) in [5, 5.41) is 2.69. The zero-order valence-corrected chi connectivity index (χ0v) is 10.4. The molecule has 2 aromatic rings. The average Bonchev–Trinajstić information content (AvgIpc) is 2.16. The van der Waals surface area contributed by atoms with Crippen LogP contribution in [0.3, 0.4) is 0 Å². The summed E-state index contributed by atoms with van der Waals surface area (Å²) in [6, 6.07) is 14.8. The molecule has 0 saturated carbocycles. The lowest BCUT2D eigenvalue weighted by atomic mass is 10.1. The van der Waals surface area contributed by atoms with Crippen molar-refractivity contribution in [2.24, 2.45) is 0 Å². The van der Waals surface area contributed by atoms with E-state index in [0.29, 0.717) is 0 Å². The number of hydrogen-bond acceptors (Lipinski definition) is 0. The Labute approximate surface area is 104 Å². The largest absolute Gasteiger partial charge is 0.673 e. The molecule has 16 heavy (non-hydrogen) atoms. The predicted molar refractivity (Wildman–Crippen MR) is 54.2 cm³/mol. The number of halogens is 5. The molecule has 0 unspecified atom stereocenters. The van der Waals surface area contributed by atoms with Crippen molar-refractivity contribution in [1.29, 1.82) is 0 Å². The van der Waals surface area contributed by atoms with E-state index >= 15 is 0 Å². The Balaban J connectivity index is 0.000000221. The van der Waals surface area contributed by atoms with Crippen molar-refractivity contribution in [3.05, 3.63) is 46.0 Å². The molecule has 0 aromatic heterocycles. The van der Waals surface area contributed by atoms with E-state index in [0.717, 1.165) is 0 Å². The van der Waals surface area contributed by atoms with Gasteiger partial charge in [0.1, 0.15) is 0 Å². The topological polar surface area (TPSA) is 0 Å². The van der Waals surface area contributed by atoms with Gasteiger partial charge in [0.2, 0.25) is 0 Å². The van der Waals surface area contributed by atoms with Crippen LogP contribution in [-0.2, 0) is 0 Å². The third-order valence-electron chi connectivity index (χ3n) is 1.75. The minimum atomic E-state index is -6.00. The van der Waals surface area contributed by atoms with Crippen molar-refractivity contribution in [3.63, 3.8) is 0 Å². The number of fused-ring (bicyclic) bond motifs is 1. The first-order valence-corrected chi connectivity index (χ1v) is 5.56. The Morgan fingerprint density at radius 1 is 0.812 bits per heavy atom. The van der Waals surface area contributed by atoms with Crippen LogP contribution in [0.4, 0.5) is 17.3 Å². The van der Waals surface area contributed by atoms with Gasteiger partial charge in [0.15, 0.2) is 3.57 Å². The SMILES string of the molecule is F[B-](F)(F)F.[IH+]c1cccc2ccccc12. The summed E-state index contributed by atoms with van der Waals surface area (Å²) < 4.78 is 40.4.